The molecule has 0 aliphatic carbocycles. The van der Waals surface area contributed by atoms with Crippen molar-refractivity contribution >= 4 is 17.5 Å². The van der Waals surface area contributed by atoms with Gasteiger partial charge in [0.2, 0.25) is 0 Å². The maximum absolute atomic E-state index is 5.77. The molecule has 1 aromatic heterocycles. The molecule has 0 radical (unpaired) electrons. The first-order valence-electron chi connectivity index (χ1n) is 4.46. The molecule has 5 nitrogen and oxygen atoms in total. The molecule has 15 heavy (non-hydrogen) atoms. The minimum absolute atomic E-state index is 0.521. The lowest BCUT2D eigenvalue weighted by molar-refractivity contribution is 0.630. The van der Waals surface area contributed by atoms with Crippen molar-refractivity contribution in [3.63, 3.8) is 0 Å². The second-order valence-electron chi connectivity index (χ2n) is 3.08. The molecule has 0 saturated carbocycles. The Hall–Kier alpha value is -1.62. The van der Waals surface area contributed by atoms with E-state index in [1.54, 1.807) is 7.05 Å². The minimum atomic E-state index is 0.521. The van der Waals surface area contributed by atoms with E-state index in [-0.39, 0.29) is 0 Å². The lowest BCUT2D eigenvalue weighted by atomic mass is 10.2. The van der Waals surface area contributed by atoms with E-state index in [1.807, 2.05) is 24.3 Å². The van der Waals surface area contributed by atoms with Gasteiger partial charge in [0.25, 0.3) is 5.95 Å². The first-order chi connectivity index (χ1) is 7.24. The maximum atomic E-state index is 5.77. The highest BCUT2D eigenvalue weighted by Crippen LogP contribution is 2.10. The van der Waals surface area contributed by atoms with Gasteiger partial charge < -0.3 is 5.32 Å². The molecule has 0 unspecified atom stereocenters. The molecule has 0 bridgehead atoms. The van der Waals surface area contributed by atoms with E-state index in [1.165, 1.54) is 4.80 Å². The lowest BCUT2D eigenvalue weighted by Crippen LogP contribution is -2.01. The molecule has 0 spiro atoms. The average molecular weight is 224 g/mol. The number of nitrogens with one attached hydrogen (secondary N) is 1. The Bertz CT molecular complexity index is 436. The molecule has 0 aliphatic heterocycles. The molecule has 0 aliphatic rings. The summed E-state index contributed by atoms with van der Waals surface area (Å²) in [6.45, 7) is 0.656. The summed E-state index contributed by atoms with van der Waals surface area (Å²) < 4.78 is 0. The van der Waals surface area contributed by atoms with Gasteiger partial charge >= 0.3 is 0 Å². The van der Waals surface area contributed by atoms with Gasteiger partial charge in [0, 0.05) is 11.6 Å². The Morgan fingerprint density at radius 3 is 2.67 bits per heavy atom. The summed E-state index contributed by atoms with van der Waals surface area (Å²) in [5.74, 6) is 0.521. The molecule has 1 heterocycles. The first kappa shape index (κ1) is 9.92. The quantitative estimate of drug-likeness (QED) is 0.856. The van der Waals surface area contributed by atoms with Crippen molar-refractivity contribution in [2.75, 3.05) is 5.32 Å². The number of tetrazole rings is 1. The summed E-state index contributed by atoms with van der Waals surface area (Å²) in [5.41, 5.74) is 1.12. The molecular weight excluding hydrogens is 214 g/mol. The molecule has 0 fully saturated rings. The molecule has 0 saturated heterocycles. The SMILES string of the molecule is Cn1nnc(NCc2ccc(Cl)cc2)n1. The predicted octanol–water partition coefficient (Wildman–Crippen LogP) is 1.48. The van der Waals surface area contributed by atoms with E-state index in [0.29, 0.717) is 12.5 Å². The van der Waals surface area contributed by atoms with Gasteiger partial charge in [0.05, 0.1) is 7.05 Å². The predicted molar refractivity (Wildman–Crippen MR) is 57.6 cm³/mol. The largest absolute Gasteiger partial charge is 0.348 e. The van der Waals surface area contributed by atoms with Crippen LogP contribution in [0.25, 0.3) is 0 Å². The number of nitrogens with zero attached hydrogens (tertiary/aromatic N) is 4. The molecule has 1 aromatic carbocycles. The van der Waals surface area contributed by atoms with Crippen molar-refractivity contribution in [2.45, 2.75) is 6.54 Å². The van der Waals surface area contributed by atoms with Crippen molar-refractivity contribution in [2.24, 2.45) is 7.05 Å². The Kier molecular flexibility index (Phi) is 2.82. The Balaban J connectivity index is 1.96. The molecule has 6 heteroatoms. The minimum Gasteiger partial charge on any atom is -0.348 e. The van der Waals surface area contributed by atoms with Crippen molar-refractivity contribution in [3.05, 3.63) is 34.9 Å². The summed E-state index contributed by atoms with van der Waals surface area (Å²) in [6, 6.07) is 7.60. The second-order valence-corrected chi connectivity index (χ2v) is 3.52. The van der Waals surface area contributed by atoms with Gasteiger partial charge in [-0.25, -0.2) is 0 Å². The van der Waals surface area contributed by atoms with Crippen molar-refractivity contribution < 1.29 is 0 Å². The van der Waals surface area contributed by atoms with Crippen LogP contribution in [-0.4, -0.2) is 20.2 Å². The first-order valence-corrected chi connectivity index (χ1v) is 4.84. The van der Waals surface area contributed by atoms with E-state index >= 15 is 0 Å². The third kappa shape index (κ3) is 2.66. The summed E-state index contributed by atoms with van der Waals surface area (Å²) >= 11 is 5.77. The molecule has 2 aromatic rings. The average Bonchev–Trinajstić information content (AvgIpc) is 2.64. The Morgan fingerprint density at radius 1 is 1.33 bits per heavy atom. The number of hydrogen-bond acceptors (Lipinski definition) is 4. The molecule has 0 atom stereocenters. The molecule has 2 rings (SSSR count). The Morgan fingerprint density at radius 2 is 2.07 bits per heavy atom. The topological polar surface area (TPSA) is 55.6 Å². The number of aromatic nitrogens is 4. The molecule has 78 valence electrons. The van der Waals surface area contributed by atoms with Crippen LogP contribution in [0.4, 0.5) is 5.95 Å². The van der Waals surface area contributed by atoms with Crippen molar-refractivity contribution in [1.82, 2.24) is 20.2 Å². The van der Waals surface area contributed by atoms with Gasteiger partial charge in [0.1, 0.15) is 0 Å². The van der Waals surface area contributed by atoms with E-state index in [4.69, 9.17) is 11.6 Å². The molecule has 0 amide bonds. The van der Waals surface area contributed by atoms with Crippen LogP contribution < -0.4 is 5.32 Å². The number of halogens is 1. The zero-order chi connectivity index (χ0) is 10.7. The summed E-state index contributed by atoms with van der Waals surface area (Å²) in [4.78, 5) is 1.41. The third-order valence-corrected chi connectivity index (χ3v) is 2.12. The summed E-state index contributed by atoms with van der Waals surface area (Å²) in [7, 11) is 1.72. The van der Waals surface area contributed by atoms with E-state index in [0.717, 1.165) is 10.6 Å². The van der Waals surface area contributed by atoms with E-state index in [2.05, 4.69) is 20.7 Å². The standard InChI is InChI=1S/C9H10ClN5/c1-15-13-9(12-14-15)11-6-7-2-4-8(10)5-3-7/h2-5H,6H2,1H3,(H,11,13). The van der Waals surface area contributed by atoms with Gasteiger partial charge in [-0.1, -0.05) is 28.8 Å². The maximum Gasteiger partial charge on any atom is 0.263 e. The van der Waals surface area contributed by atoms with Crippen LogP contribution in [0.2, 0.25) is 5.02 Å². The van der Waals surface area contributed by atoms with Crippen LogP contribution in [0.5, 0.6) is 0 Å². The molecule has 1 N–H and O–H groups in total. The van der Waals surface area contributed by atoms with E-state index in [9.17, 15) is 0 Å². The highest BCUT2D eigenvalue weighted by molar-refractivity contribution is 6.30. The van der Waals surface area contributed by atoms with Gasteiger partial charge in [-0.05, 0) is 22.9 Å². The van der Waals surface area contributed by atoms with Crippen LogP contribution in [0.1, 0.15) is 5.56 Å². The highest BCUT2D eigenvalue weighted by Gasteiger charge is 1.98. The fraction of sp³-hybridized carbons (Fsp3) is 0.222. The fourth-order valence-electron chi connectivity index (χ4n) is 1.14. The van der Waals surface area contributed by atoms with Crippen molar-refractivity contribution in [1.29, 1.82) is 0 Å². The summed E-state index contributed by atoms with van der Waals surface area (Å²) in [6.07, 6.45) is 0. The van der Waals surface area contributed by atoms with Crippen LogP contribution in [-0.2, 0) is 13.6 Å². The van der Waals surface area contributed by atoms with Gasteiger partial charge in [-0.3, -0.25) is 0 Å². The number of rotatable bonds is 3. The zero-order valence-electron chi connectivity index (χ0n) is 8.18. The molecular formula is C9H10ClN5. The van der Waals surface area contributed by atoms with Crippen LogP contribution >= 0.6 is 11.6 Å². The lowest BCUT2D eigenvalue weighted by Gasteiger charge is -2.01. The summed E-state index contributed by atoms with van der Waals surface area (Å²) in [5, 5.41) is 15.3. The normalized spacial score (nSPS) is 10.3. The van der Waals surface area contributed by atoms with Crippen LogP contribution in [0.3, 0.4) is 0 Å². The zero-order valence-corrected chi connectivity index (χ0v) is 8.94. The third-order valence-electron chi connectivity index (χ3n) is 1.87. The number of hydrogen-bond donors (Lipinski definition) is 1. The van der Waals surface area contributed by atoms with Gasteiger partial charge in [-0.2, -0.15) is 4.80 Å². The van der Waals surface area contributed by atoms with Gasteiger partial charge in [0.15, 0.2) is 0 Å². The number of anilines is 1. The van der Waals surface area contributed by atoms with Crippen LogP contribution in [0, 0.1) is 0 Å². The van der Waals surface area contributed by atoms with Crippen LogP contribution in [0.15, 0.2) is 24.3 Å². The smallest absolute Gasteiger partial charge is 0.263 e. The second kappa shape index (κ2) is 4.27. The highest BCUT2D eigenvalue weighted by atomic mass is 35.5. The van der Waals surface area contributed by atoms with Gasteiger partial charge in [-0.15, -0.1) is 5.10 Å². The Labute approximate surface area is 92.1 Å². The monoisotopic (exact) mass is 223 g/mol. The number of aryl methyl sites for hydroxylation is 1. The number of benzene rings is 1. The van der Waals surface area contributed by atoms with E-state index < -0.39 is 0 Å². The van der Waals surface area contributed by atoms with Crippen molar-refractivity contribution in [3.8, 4) is 0 Å². The fourth-order valence-corrected chi connectivity index (χ4v) is 1.26.